The van der Waals surface area contributed by atoms with Gasteiger partial charge in [0.05, 0.1) is 11.1 Å². The highest BCUT2D eigenvalue weighted by atomic mass is 35.5. The van der Waals surface area contributed by atoms with Gasteiger partial charge in [-0.25, -0.2) is 4.98 Å². The number of carbonyl (C=O) groups is 1. The zero-order valence-corrected chi connectivity index (χ0v) is 13.0. The summed E-state index contributed by atoms with van der Waals surface area (Å²) in [6, 6.07) is 12.3. The molecule has 0 saturated carbocycles. The summed E-state index contributed by atoms with van der Waals surface area (Å²) >= 11 is 5.75. The lowest BCUT2D eigenvalue weighted by Crippen LogP contribution is -2.32. The number of halogens is 1. The second-order valence-electron chi connectivity index (χ2n) is 4.54. The van der Waals surface area contributed by atoms with Gasteiger partial charge in [-0.05, 0) is 17.7 Å². The maximum atomic E-state index is 12.2. The number of rotatable bonds is 5. The molecule has 1 aromatic heterocycles. The van der Waals surface area contributed by atoms with Crippen LogP contribution in [0.1, 0.15) is 22.1 Å². The molecule has 2 aromatic rings. The van der Waals surface area contributed by atoms with Crippen LogP contribution in [-0.2, 0) is 10.8 Å². The second-order valence-corrected chi connectivity index (χ2v) is 6.45. The molecule has 0 fully saturated rings. The molecule has 6 heteroatoms. The van der Waals surface area contributed by atoms with Gasteiger partial charge in [0.25, 0.3) is 5.91 Å². The molecule has 0 aliphatic carbocycles. The first-order valence-corrected chi connectivity index (χ1v) is 8.44. The molecular formula is C15H15ClN2O2S. The quantitative estimate of drug-likeness (QED) is 0.920. The van der Waals surface area contributed by atoms with Crippen LogP contribution < -0.4 is 5.32 Å². The molecule has 110 valence electrons. The first kappa shape index (κ1) is 15.7. The number of carbonyl (C=O) groups excluding carboxylic acids is 1. The Labute approximate surface area is 131 Å². The van der Waals surface area contributed by atoms with E-state index in [1.165, 1.54) is 6.20 Å². The number of pyridine rings is 1. The van der Waals surface area contributed by atoms with Crippen molar-refractivity contribution < 1.29 is 9.00 Å². The van der Waals surface area contributed by atoms with Crippen LogP contribution in [0.15, 0.2) is 48.7 Å². The molecule has 1 aromatic carbocycles. The van der Waals surface area contributed by atoms with Gasteiger partial charge in [0.1, 0.15) is 5.69 Å². The van der Waals surface area contributed by atoms with Crippen molar-refractivity contribution in [1.82, 2.24) is 10.3 Å². The lowest BCUT2D eigenvalue weighted by Gasteiger charge is -2.18. The summed E-state index contributed by atoms with van der Waals surface area (Å²) in [4.78, 5) is 16.2. The Morgan fingerprint density at radius 2 is 2.00 bits per heavy atom. The largest absolute Gasteiger partial charge is 0.343 e. The van der Waals surface area contributed by atoms with Crippen LogP contribution in [0, 0.1) is 0 Å². The molecule has 1 N–H and O–H groups in total. The molecule has 1 heterocycles. The number of aromatic nitrogens is 1. The monoisotopic (exact) mass is 322 g/mol. The van der Waals surface area contributed by atoms with Crippen LogP contribution in [-0.4, -0.2) is 27.1 Å². The molecule has 2 rings (SSSR count). The Balaban J connectivity index is 2.17. The van der Waals surface area contributed by atoms with E-state index in [4.69, 9.17) is 11.6 Å². The number of nitrogens with one attached hydrogen (secondary N) is 1. The summed E-state index contributed by atoms with van der Waals surface area (Å²) in [5.74, 6) is 0.0366. The summed E-state index contributed by atoms with van der Waals surface area (Å²) in [6.07, 6.45) is 3.04. The molecule has 0 aliphatic heterocycles. The van der Waals surface area contributed by atoms with Crippen LogP contribution in [0.4, 0.5) is 0 Å². The molecule has 0 bridgehead atoms. The van der Waals surface area contributed by atoms with E-state index in [0.29, 0.717) is 10.8 Å². The highest BCUT2D eigenvalue weighted by molar-refractivity contribution is 7.84. The van der Waals surface area contributed by atoms with Crippen molar-refractivity contribution in [2.75, 3.05) is 12.0 Å². The summed E-state index contributed by atoms with van der Waals surface area (Å²) in [7, 11) is -1.03. The van der Waals surface area contributed by atoms with Crippen LogP contribution in [0.5, 0.6) is 0 Å². The second kappa shape index (κ2) is 7.33. The Morgan fingerprint density at radius 3 is 2.57 bits per heavy atom. The predicted octanol–water partition coefficient (Wildman–Crippen LogP) is 2.58. The molecule has 4 nitrogen and oxygen atoms in total. The lowest BCUT2D eigenvalue weighted by molar-refractivity contribution is 0.0935. The third kappa shape index (κ3) is 4.65. The van der Waals surface area contributed by atoms with E-state index in [9.17, 15) is 9.00 Å². The highest BCUT2D eigenvalue weighted by Crippen LogP contribution is 2.15. The van der Waals surface area contributed by atoms with Gasteiger partial charge in [-0.3, -0.25) is 9.00 Å². The Morgan fingerprint density at radius 1 is 1.29 bits per heavy atom. The van der Waals surface area contributed by atoms with E-state index in [0.717, 1.165) is 5.56 Å². The van der Waals surface area contributed by atoms with Gasteiger partial charge in [0.2, 0.25) is 0 Å². The third-order valence-electron chi connectivity index (χ3n) is 2.87. The molecule has 2 unspecified atom stereocenters. The number of hydrogen-bond donors (Lipinski definition) is 1. The van der Waals surface area contributed by atoms with E-state index in [1.807, 2.05) is 30.3 Å². The van der Waals surface area contributed by atoms with E-state index < -0.39 is 10.8 Å². The van der Waals surface area contributed by atoms with Crippen LogP contribution >= 0.6 is 11.6 Å². The minimum Gasteiger partial charge on any atom is -0.343 e. The molecule has 0 saturated heterocycles. The van der Waals surface area contributed by atoms with Crippen molar-refractivity contribution in [2.45, 2.75) is 6.04 Å². The zero-order chi connectivity index (χ0) is 15.2. The van der Waals surface area contributed by atoms with Gasteiger partial charge in [0.15, 0.2) is 0 Å². The zero-order valence-electron chi connectivity index (χ0n) is 11.5. The first-order valence-electron chi connectivity index (χ1n) is 6.33. The SMILES string of the molecule is CS(=O)CC(NC(=O)c1ccc(Cl)cn1)c1ccccc1. The van der Waals surface area contributed by atoms with Crippen LogP contribution in [0.2, 0.25) is 5.02 Å². The summed E-state index contributed by atoms with van der Waals surface area (Å²) in [6.45, 7) is 0. The average Bonchev–Trinajstić information content (AvgIpc) is 2.47. The van der Waals surface area contributed by atoms with Gasteiger partial charge in [-0.15, -0.1) is 0 Å². The number of nitrogens with zero attached hydrogens (tertiary/aromatic N) is 1. The maximum Gasteiger partial charge on any atom is 0.270 e. The van der Waals surface area contributed by atoms with E-state index in [-0.39, 0.29) is 17.6 Å². The molecular weight excluding hydrogens is 308 g/mol. The summed E-state index contributed by atoms with van der Waals surface area (Å²) < 4.78 is 11.5. The standard InChI is InChI=1S/C15H15ClN2O2S/c1-21(20)10-14(11-5-3-2-4-6-11)18-15(19)13-8-7-12(16)9-17-13/h2-9,14H,10H2,1H3,(H,18,19). The van der Waals surface area contributed by atoms with Gasteiger partial charge in [0, 0.05) is 29.0 Å². The topological polar surface area (TPSA) is 59.1 Å². The average molecular weight is 323 g/mol. The number of hydrogen-bond acceptors (Lipinski definition) is 3. The first-order chi connectivity index (χ1) is 10.1. The number of benzene rings is 1. The molecule has 2 atom stereocenters. The fraction of sp³-hybridized carbons (Fsp3) is 0.200. The lowest BCUT2D eigenvalue weighted by atomic mass is 10.1. The number of amides is 1. The van der Waals surface area contributed by atoms with Crippen molar-refractivity contribution in [2.24, 2.45) is 0 Å². The minimum absolute atomic E-state index is 0.280. The van der Waals surface area contributed by atoms with Gasteiger partial charge < -0.3 is 5.32 Å². The molecule has 21 heavy (non-hydrogen) atoms. The smallest absolute Gasteiger partial charge is 0.270 e. The molecule has 1 amide bonds. The van der Waals surface area contributed by atoms with Crippen molar-refractivity contribution in [3.63, 3.8) is 0 Å². The van der Waals surface area contributed by atoms with Crippen molar-refractivity contribution in [3.05, 3.63) is 64.9 Å². The molecule has 0 aliphatic rings. The van der Waals surface area contributed by atoms with Gasteiger partial charge >= 0.3 is 0 Å². The van der Waals surface area contributed by atoms with Crippen LogP contribution in [0.3, 0.4) is 0 Å². The fourth-order valence-corrected chi connectivity index (χ4v) is 2.74. The van der Waals surface area contributed by atoms with Crippen LogP contribution in [0.25, 0.3) is 0 Å². The van der Waals surface area contributed by atoms with Gasteiger partial charge in [-0.1, -0.05) is 41.9 Å². The van der Waals surface area contributed by atoms with Crippen molar-refractivity contribution in [3.8, 4) is 0 Å². The molecule has 0 radical (unpaired) electrons. The summed E-state index contributed by atoms with van der Waals surface area (Å²) in [5.41, 5.74) is 1.19. The van der Waals surface area contributed by atoms with E-state index in [1.54, 1.807) is 18.4 Å². The maximum absolute atomic E-state index is 12.2. The predicted molar refractivity (Wildman–Crippen MR) is 84.8 cm³/mol. The van der Waals surface area contributed by atoms with Gasteiger partial charge in [-0.2, -0.15) is 0 Å². The van der Waals surface area contributed by atoms with E-state index >= 15 is 0 Å². The highest BCUT2D eigenvalue weighted by Gasteiger charge is 2.17. The van der Waals surface area contributed by atoms with E-state index in [2.05, 4.69) is 10.3 Å². The Bertz CT molecular complexity index is 632. The molecule has 0 spiro atoms. The Hall–Kier alpha value is -1.72. The van der Waals surface area contributed by atoms with Crippen molar-refractivity contribution in [1.29, 1.82) is 0 Å². The minimum atomic E-state index is -1.03. The fourth-order valence-electron chi connectivity index (χ4n) is 1.88. The summed E-state index contributed by atoms with van der Waals surface area (Å²) in [5, 5.41) is 3.34. The Kier molecular flexibility index (Phi) is 5.47. The normalized spacial score (nSPS) is 13.4. The third-order valence-corrected chi connectivity index (χ3v) is 3.89. The van der Waals surface area contributed by atoms with Crippen molar-refractivity contribution >= 4 is 28.3 Å².